The van der Waals surface area contributed by atoms with Crippen molar-refractivity contribution in [1.29, 1.82) is 0 Å². The zero-order chi connectivity index (χ0) is 22.5. The Kier molecular flexibility index (Phi) is 7.24. The molecule has 4 rings (SSSR count). The normalized spacial score (nSPS) is 17.9. The molecule has 8 nitrogen and oxygen atoms in total. The van der Waals surface area contributed by atoms with Crippen molar-refractivity contribution >= 4 is 29.1 Å². The summed E-state index contributed by atoms with van der Waals surface area (Å²) in [6.45, 7) is 6.50. The van der Waals surface area contributed by atoms with Crippen LogP contribution < -0.4 is 5.32 Å². The predicted octanol–water partition coefficient (Wildman–Crippen LogP) is 2.32. The number of aromatic nitrogens is 2. The maximum absolute atomic E-state index is 12.7. The molecule has 0 atom stereocenters. The number of imidazole rings is 1. The highest BCUT2D eigenvalue weighted by atomic mass is 35.5. The van der Waals surface area contributed by atoms with E-state index < -0.39 is 0 Å². The number of nitrogens with zero attached hydrogens (tertiary/aromatic N) is 5. The van der Waals surface area contributed by atoms with Crippen LogP contribution in [0.4, 0.5) is 5.69 Å². The van der Waals surface area contributed by atoms with Crippen LogP contribution in [0.15, 0.2) is 42.6 Å². The summed E-state index contributed by atoms with van der Waals surface area (Å²) in [6.07, 6.45) is 6.33. The standard InChI is InChI=1S/C23H29ClN6O2/c1-27-9-5-11-28(13-12-27)10-4-8-22(31)29-14-15-30-20(16-25-21(30)17-29)23(32)26-19-7-3-2-6-18(19)24/h2-4,6-8,16H,5,9-15,17H2,1H3,(H,26,32)/b8-4+. The second-order valence-corrected chi connectivity index (χ2v) is 8.67. The molecule has 1 N–H and O–H groups in total. The number of benzene rings is 1. The van der Waals surface area contributed by atoms with Gasteiger partial charge in [0.1, 0.15) is 11.5 Å². The number of fused-ring (bicyclic) bond motifs is 1. The van der Waals surface area contributed by atoms with E-state index in [1.165, 1.54) is 0 Å². The molecule has 2 aliphatic heterocycles. The van der Waals surface area contributed by atoms with Gasteiger partial charge in [-0.05, 0) is 38.7 Å². The average Bonchev–Trinajstić information content (AvgIpc) is 3.11. The quantitative estimate of drug-likeness (QED) is 0.699. The van der Waals surface area contributed by atoms with Gasteiger partial charge < -0.3 is 19.7 Å². The zero-order valence-electron chi connectivity index (χ0n) is 18.3. The van der Waals surface area contributed by atoms with Crippen LogP contribution in [0.1, 0.15) is 22.7 Å². The van der Waals surface area contributed by atoms with E-state index in [2.05, 4.69) is 27.1 Å². The van der Waals surface area contributed by atoms with Gasteiger partial charge in [0.2, 0.25) is 5.91 Å². The summed E-state index contributed by atoms with van der Waals surface area (Å²) in [5, 5.41) is 3.31. The van der Waals surface area contributed by atoms with Crippen molar-refractivity contribution in [3.05, 3.63) is 59.2 Å². The van der Waals surface area contributed by atoms with E-state index in [1.54, 1.807) is 29.3 Å². The van der Waals surface area contributed by atoms with Crippen LogP contribution in [0.2, 0.25) is 5.02 Å². The summed E-state index contributed by atoms with van der Waals surface area (Å²) < 4.78 is 1.87. The predicted molar refractivity (Wildman–Crippen MR) is 125 cm³/mol. The Bertz CT molecular complexity index is 1000. The number of para-hydroxylation sites is 1. The molecule has 0 unspecified atom stereocenters. The fourth-order valence-electron chi connectivity index (χ4n) is 4.07. The van der Waals surface area contributed by atoms with E-state index >= 15 is 0 Å². The molecule has 2 aromatic rings. The van der Waals surface area contributed by atoms with Gasteiger partial charge in [-0.2, -0.15) is 0 Å². The topological polar surface area (TPSA) is 73.7 Å². The summed E-state index contributed by atoms with van der Waals surface area (Å²) >= 11 is 6.14. The van der Waals surface area contributed by atoms with Crippen molar-refractivity contribution in [3.8, 4) is 0 Å². The molecule has 1 aromatic carbocycles. The van der Waals surface area contributed by atoms with Crippen LogP contribution in [-0.2, 0) is 17.9 Å². The Morgan fingerprint density at radius 1 is 1.12 bits per heavy atom. The Morgan fingerprint density at radius 2 is 1.97 bits per heavy atom. The van der Waals surface area contributed by atoms with Crippen molar-refractivity contribution in [2.75, 3.05) is 51.6 Å². The average molecular weight is 457 g/mol. The fraction of sp³-hybridized carbons (Fsp3) is 0.435. The zero-order valence-corrected chi connectivity index (χ0v) is 19.1. The maximum atomic E-state index is 12.7. The largest absolute Gasteiger partial charge is 0.330 e. The van der Waals surface area contributed by atoms with E-state index in [4.69, 9.17) is 11.6 Å². The highest BCUT2D eigenvalue weighted by molar-refractivity contribution is 6.33. The van der Waals surface area contributed by atoms with E-state index in [0.717, 1.165) is 39.1 Å². The first-order valence-corrected chi connectivity index (χ1v) is 11.4. The van der Waals surface area contributed by atoms with Crippen LogP contribution in [-0.4, -0.2) is 82.4 Å². The summed E-state index contributed by atoms with van der Waals surface area (Å²) in [7, 11) is 2.15. The first-order valence-electron chi connectivity index (χ1n) is 11.0. The molecule has 0 saturated carbocycles. The molecule has 1 fully saturated rings. The van der Waals surface area contributed by atoms with Gasteiger partial charge in [0, 0.05) is 38.8 Å². The summed E-state index contributed by atoms with van der Waals surface area (Å²) in [6, 6.07) is 7.11. The number of amides is 2. The minimum atomic E-state index is -0.264. The van der Waals surface area contributed by atoms with Gasteiger partial charge in [-0.25, -0.2) is 4.98 Å². The van der Waals surface area contributed by atoms with Gasteiger partial charge in [-0.3, -0.25) is 14.5 Å². The molecule has 1 aromatic heterocycles. The lowest BCUT2D eigenvalue weighted by atomic mass is 10.3. The lowest BCUT2D eigenvalue weighted by Gasteiger charge is -2.27. The van der Waals surface area contributed by atoms with Gasteiger partial charge in [0.05, 0.1) is 23.5 Å². The lowest BCUT2D eigenvalue weighted by molar-refractivity contribution is -0.127. The van der Waals surface area contributed by atoms with Crippen molar-refractivity contribution in [2.45, 2.75) is 19.5 Å². The molecule has 9 heteroatoms. The Hall–Kier alpha value is -2.68. The minimum Gasteiger partial charge on any atom is -0.330 e. The minimum absolute atomic E-state index is 0.0201. The molecule has 0 spiro atoms. The summed E-state index contributed by atoms with van der Waals surface area (Å²) in [4.78, 5) is 36.3. The van der Waals surface area contributed by atoms with Gasteiger partial charge in [-0.1, -0.05) is 29.8 Å². The summed E-state index contributed by atoms with van der Waals surface area (Å²) in [5.74, 6) is 0.422. The Balaban J connectivity index is 1.33. The van der Waals surface area contributed by atoms with Gasteiger partial charge in [0.15, 0.2) is 0 Å². The molecule has 32 heavy (non-hydrogen) atoms. The van der Waals surface area contributed by atoms with E-state index in [1.807, 2.05) is 22.8 Å². The molecule has 170 valence electrons. The Morgan fingerprint density at radius 3 is 2.81 bits per heavy atom. The second kappa shape index (κ2) is 10.3. The number of anilines is 1. The monoisotopic (exact) mass is 456 g/mol. The van der Waals surface area contributed by atoms with Gasteiger partial charge in [-0.15, -0.1) is 0 Å². The third-order valence-corrected chi connectivity index (χ3v) is 6.30. The number of hydrogen-bond donors (Lipinski definition) is 1. The van der Waals surface area contributed by atoms with Crippen LogP contribution in [0, 0.1) is 0 Å². The van der Waals surface area contributed by atoms with E-state index in [0.29, 0.717) is 41.9 Å². The third-order valence-electron chi connectivity index (χ3n) is 5.97. The molecular weight excluding hydrogens is 428 g/mol. The first-order chi connectivity index (χ1) is 15.5. The SMILES string of the molecule is CN1CCCN(C/C=C/C(=O)N2CCn3c(C(=O)Nc4ccccc4Cl)cnc3C2)CC1. The molecule has 0 bridgehead atoms. The summed E-state index contributed by atoms with van der Waals surface area (Å²) in [5.41, 5.74) is 1.03. The molecule has 3 heterocycles. The first kappa shape index (κ1) is 22.5. The van der Waals surface area contributed by atoms with Gasteiger partial charge >= 0.3 is 0 Å². The maximum Gasteiger partial charge on any atom is 0.273 e. The van der Waals surface area contributed by atoms with Crippen LogP contribution >= 0.6 is 11.6 Å². The smallest absolute Gasteiger partial charge is 0.273 e. The Labute approximate surface area is 193 Å². The van der Waals surface area contributed by atoms with Crippen LogP contribution in [0.3, 0.4) is 0 Å². The number of likely N-dealkylation sites (N-methyl/N-ethyl adjacent to an activating group) is 1. The highest BCUT2D eigenvalue weighted by Gasteiger charge is 2.25. The van der Waals surface area contributed by atoms with Crippen molar-refractivity contribution in [1.82, 2.24) is 24.3 Å². The van der Waals surface area contributed by atoms with Crippen molar-refractivity contribution in [2.24, 2.45) is 0 Å². The number of carbonyl (C=O) groups excluding carboxylic acids is 2. The lowest BCUT2D eigenvalue weighted by Crippen LogP contribution is -2.38. The van der Waals surface area contributed by atoms with Crippen LogP contribution in [0.5, 0.6) is 0 Å². The number of halogens is 1. The van der Waals surface area contributed by atoms with Crippen molar-refractivity contribution in [3.63, 3.8) is 0 Å². The fourth-order valence-corrected chi connectivity index (χ4v) is 4.25. The third kappa shape index (κ3) is 5.38. The number of rotatable bonds is 5. The molecule has 0 radical (unpaired) electrons. The van der Waals surface area contributed by atoms with Crippen LogP contribution in [0.25, 0.3) is 0 Å². The molecule has 2 aliphatic rings. The molecular formula is C23H29ClN6O2. The van der Waals surface area contributed by atoms with E-state index in [-0.39, 0.29) is 11.8 Å². The number of carbonyl (C=O) groups is 2. The van der Waals surface area contributed by atoms with E-state index in [9.17, 15) is 9.59 Å². The molecule has 1 saturated heterocycles. The molecule has 2 amide bonds. The molecule has 0 aliphatic carbocycles. The highest BCUT2D eigenvalue weighted by Crippen LogP contribution is 2.22. The second-order valence-electron chi connectivity index (χ2n) is 8.26. The number of nitrogens with one attached hydrogen (secondary N) is 1. The van der Waals surface area contributed by atoms with Crippen molar-refractivity contribution < 1.29 is 9.59 Å². The number of hydrogen-bond acceptors (Lipinski definition) is 5. The van der Waals surface area contributed by atoms with Gasteiger partial charge in [0.25, 0.3) is 5.91 Å².